The third kappa shape index (κ3) is 2.16. The van der Waals surface area contributed by atoms with Crippen molar-refractivity contribution in [1.29, 1.82) is 0 Å². The largest absolute Gasteiger partial charge is 0.464 e. The van der Waals surface area contributed by atoms with E-state index in [4.69, 9.17) is 4.74 Å². The van der Waals surface area contributed by atoms with Crippen LogP contribution in [0.5, 0.6) is 0 Å². The van der Waals surface area contributed by atoms with Crippen LogP contribution in [0.25, 0.3) is 0 Å². The summed E-state index contributed by atoms with van der Waals surface area (Å²) in [5.41, 5.74) is 1.32. The van der Waals surface area contributed by atoms with Gasteiger partial charge in [0.05, 0.1) is 11.5 Å². The first-order chi connectivity index (χ1) is 10.1. The molecule has 0 aromatic heterocycles. The van der Waals surface area contributed by atoms with Crippen LogP contribution in [0.15, 0.2) is 30.4 Å². The zero-order valence-electron chi connectivity index (χ0n) is 11.6. The van der Waals surface area contributed by atoms with Gasteiger partial charge >= 0.3 is 5.97 Å². The molecule has 6 heteroatoms. The molecule has 0 saturated heterocycles. The van der Waals surface area contributed by atoms with E-state index in [2.05, 4.69) is 5.32 Å². The Hall–Kier alpha value is -2.37. The van der Waals surface area contributed by atoms with Gasteiger partial charge in [0.2, 0.25) is 0 Å². The Bertz CT molecular complexity index is 626. The standard InChI is InChI=1S/C15H16N2O4/c1-2-21-15(18)14-11-6-3-5-9(11)10-7-4-8-12(17(19)20)13(10)16-14/h3-5,7-9,11,14,16H,2,6H2,1H3/t9-,11-,14-/m1/s1. The van der Waals surface area contributed by atoms with Gasteiger partial charge in [-0.15, -0.1) is 0 Å². The quantitative estimate of drug-likeness (QED) is 0.400. The predicted molar refractivity (Wildman–Crippen MR) is 77.1 cm³/mol. The number of nitro groups is 1. The molecular formula is C15H16N2O4. The average molecular weight is 288 g/mol. The van der Waals surface area contributed by atoms with E-state index in [0.29, 0.717) is 12.3 Å². The number of anilines is 1. The molecule has 2 aliphatic rings. The molecule has 1 aromatic carbocycles. The van der Waals surface area contributed by atoms with Gasteiger partial charge in [-0.1, -0.05) is 24.3 Å². The molecule has 1 N–H and O–H groups in total. The van der Waals surface area contributed by atoms with Gasteiger partial charge in [0.1, 0.15) is 11.7 Å². The second kappa shape index (κ2) is 5.20. The maximum atomic E-state index is 12.1. The highest BCUT2D eigenvalue weighted by Crippen LogP contribution is 2.47. The molecule has 110 valence electrons. The number of fused-ring (bicyclic) bond motifs is 3. The molecule has 0 fully saturated rings. The minimum Gasteiger partial charge on any atom is -0.464 e. The number of benzene rings is 1. The van der Waals surface area contributed by atoms with Crippen LogP contribution in [-0.2, 0) is 9.53 Å². The average Bonchev–Trinajstić information content (AvgIpc) is 2.95. The first-order valence-electron chi connectivity index (χ1n) is 7.00. The Morgan fingerprint density at radius 1 is 1.52 bits per heavy atom. The number of allylic oxidation sites excluding steroid dienone is 2. The Balaban J connectivity index is 2.05. The van der Waals surface area contributed by atoms with Crippen LogP contribution in [-0.4, -0.2) is 23.5 Å². The van der Waals surface area contributed by atoms with Crippen LogP contribution in [0, 0.1) is 16.0 Å². The number of esters is 1. The minimum absolute atomic E-state index is 0.000508. The molecule has 0 unspecified atom stereocenters. The molecule has 0 amide bonds. The molecule has 0 spiro atoms. The van der Waals surface area contributed by atoms with Crippen molar-refractivity contribution >= 4 is 17.3 Å². The smallest absolute Gasteiger partial charge is 0.328 e. The van der Waals surface area contributed by atoms with Gasteiger partial charge in [-0.3, -0.25) is 10.1 Å². The number of carbonyl (C=O) groups is 1. The summed E-state index contributed by atoms with van der Waals surface area (Å²) in [6.45, 7) is 2.05. The summed E-state index contributed by atoms with van der Waals surface area (Å²) in [6.07, 6.45) is 4.82. The summed E-state index contributed by atoms with van der Waals surface area (Å²) >= 11 is 0. The topological polar surface area (TPSA) is 81.5 Å². The van der Waals surface area contributed by atoms with Crippen LogP contribution in [0.4, 0.5) is 11.4 Å². The normalized spacial score (nSPS) is 25.7. The number of hydrogen-bond acceptors (Lipinski definition) is 5. The first-order valence-corrected chi connectivity index (χ1v) is 7.00. The lowest BCUT2D eigenvalue weighted by Crippen LogP contribution is -2.43. The molecule has 1 aromatic rings. The first kappa shape index (κ1) is 13.6. The number of ether oxygens (including phenoxy) is 1. The summed E-state index contributed by atoms with van der Waals surface area (Å²) < 4.78 is 5.11. The molecule has 0 bridgehead atoms. The van der Waals surface area contributed by atoms with Gasteiger partial charge in [-0.2, -0.15) is 0 Å². The van der Waals surface area contributed by atoms with E-state index < -0.39 is 11.0 Å². The number of rotatable bonds is 3. The molecule has 3 atom stereocenters. The number of nitrogens with zero attached hydrogens (tertiary/aromatic N) is 1. The zero-order valence-corrected chi connectivity index (χ0v) is 11.6. The fraction of sp³-hybridized carbons (Fsp3) is 0.400. The Morgan fingerprint density at radius 2 is 2.33 bits per heavy atom. The molecular weight excluding hydrogens is 272 g/mol. The van der Waals surface area contributed by atoms with E-state index >= 15 is 0 Å². The van der Waals surface area contributed by atoms with Gasteiger partial charge in [-0.25, -0.2) is 4.79 Å². The number of carbonyl (C=O) groups excluding carboxylic acids is 1. The third-order valence-electron chi connectivity index (χ3n) is 4.11. The summed E-state index contributed by atoms with van der Waals surface area (Å²) in [5.74, 6) is -0.269. The van der Waals surface area contributed by atoms with Crippen molar-refractivity contribution in [3.05, 3.63) is 46.0 Å². The second-order valence-electron chi connectivity index (χ2n) is 5.23. The van der Waals surface area contributed by atoms with E-state index in [-0.39, 0.29) is 23.5 Å². The van der Waals surface area contributed by atoms with Crippen molar-refractivity contribution in [1.82, 2.24) is 0 Å². The molecule has 6 nitrogen and oxygen atoms in total. The summed E-state index contributed by atoms with van der Waals surface area (Å²) in [5, 5.41) is 14.2. The van der Waals surface area contributed by atoms with Crippen molar-refractivity contribution in [3.63, 3.8) is 0 Å². The van der Waals surface area contributed by atoms with Gasteiger partial charge in [-0.05, 0) is 18.9 Å². The number of nitro benzene ring substituents is 1. The molecule has 21 heavy (non-hydrogen) atoms. The molecule has 0 saturated carbocycles. The van der Waals surface area contributed by atoms with Crippen LogP contribution in [0.1, 0.15) is 24.8 Å². The highest BCUT2D eigenvalue weighted by atomic mass is 16.6. The maximum Gasteiger partial charge on any atom is 0.328 e. The van der Waals surface area contributed by atoms with Crippen molar-refractivity contribution in [2.45, 2.75) is 25.3 Å². The second-order valence-corrected chi connectivity index (χ2v) is 5.23. The monoisotopic (exact) mass is 288 g/mol. The highest BCUT2D eigenvalue weighted by Gasteiger charge is 2.43. The molecule has 0 radical (unpaired) electrons. The molecule has 3 rings (SSSR count). The minimum atomic E-state index is -0.543. The Morgan fingerprint density at radius 3 is 3.05 bits per heavy atom. The summed E-state index contributed by atoms with van der Waals surface area (Å²) in [7, 11) is 0. The van der Waals surface area contributed by atoms with Gasteiger partial charge < -0.3 is 10.1 Å². The van der Waals surface area contributed by atoms with E-state index in [0.717, 1.165) is 12.0 Å². The number of hydrogen-bond donors (Lipinski definition) is 1. The Labute approximate surface area is 121 Å². The SMILES string of the molecule is CCOC(=O)[C@@H]1Nc2c(cccc2[N+](=O)[O-])[C@H]2C=CC[C@H]21. The summed E-state index contributed by atoms with van der Waals surface area (Å²) in [6, 6.07) is 4.47. The van der Waals surface area contributed by atoms with Crippen LogP contribution in [0.3, 0.4) is 0 Å². The fourth-order valence-electron chi connectivity index (χ4n) is 3.22. The number of para-hydroxylation sites is 1. The Kier molecular flexibility index (Phi) is 3.37. The van der Waals surface area contributed by atoms with Crippen LogP contribution in [0.2, 0.25) is 0 Å². The predicted octanol–water partition coefficient (Wildman–Crippen LogP) is 2.61. The van der Waals surface area contributed by atoms with Crippen LogP contribution < -0.4 is 5.32 Å². The van der Waals surface area contributed by atoms with Crippen molar-refractivity contribution in [2.24, 2.45) is 5.92 Å². The molecule has 1 aliphatic heterocycles. The maximum absolute atomic E-state index is 12.1. The van der Waals surface area contributed by atoms with E-state index in [1.807, 2.05) is 18.2 Å². The van der Waals surface area contributed by atoms with E-state index in [1.165, 1.54) is 6.07 Å². The van der Waals surface area contributed by atoms with E-state index in [9.17, 15) is 14.9 Å². The lowest BCUT2D eigenvalue weighted by Gasteiger charge is -2.35. The molecule has 1 aliphatic carbocycles. The van der Waals surface area contributed by atoms with Gasteiger partial charge in [0, 0.05) is 17.9 Å². The lowest BCUT2D eigenvalue weighted by atomic mass is 9.79. The zero-order chi connectivity index (χ0) is 15.0. The molecule has 1 heterocycles. The van der Waals surface area contributed by atoms with Crippen molar-refractivity contribution in [3.8, 4) is 0 Å². The van der Waals surface area contributed by atoms with Crippen molar-refractivity contribution in [2.75, 3.05) is 11.9 Å². The van der Waals surface area contributed by atoms with Crippen molar-refractivity contribution < 1.29 is 14.5 Å². The van der Waals surface area contributed by atoms with Gasteiger partial charge in [0.15, 0.2) is 0 Å². The van der Waals surface area contributed by atoms with Gasteiger partial charge in [0.25, 0.3) is 5.69 Å². The lowest BCUT2D eigenvalue weighted by molar-refractivity contribution is -0.384. The third-order valence-corrected chi connectivity index (χ3v) is 4.11. The summed E-state index contributed by atoms with van der Waals surface area (Å²) in [4.78, 5) is 22.9. The number of nitrogens with one attached hydrogen (secondary N) is 1. The van der Waals surface area contributed by atoms with E-state index in [1.54, 1.807) is 13.0 Å². The highest BCUT2D eigenvalue weighted by molar-refractivity contribution is 5.84. The fourth-order valence-corrected chi connectivity index (χ4v) is 3.22. The van der Waals surface area contributed by atoms with Crippen LogP contribution >= 0.6 is 0 Å².